The quantitative estimate of drug-likeness (QED) is 0.108. The Balaban J connectivity index is 3.11. The monoisotopic (exact) mass is 440 g/mol. The topological polar surface area (TPSA) is 46.5 Å². The van der Waals surface area contributed by atoms with Crippen molar-refractivity contribution in [2.75, 3.05) is 13.2 Å². The molecule has 0 unspecified atom stereocenters. The predicted molar refractivity (Wildman–Crippen MR) is 135 cm³/mol. The summed E-state index contributed by atoms with van der Waals surface area (Å²) in [5.74, 6) is -0.0127. The molecule has 0 rings (SSSR count). The van der Waals surface area contributed by atoms with Gasteiger partial charge in [0.15, 0.2) is 0 Å². The van der Waals surface area contributed by atoms with E-state index in [9.17, 15) is 4.79 Å². The summed E-state index contributed by atoms with van der Waals surface area (Å²) in [7, 11) is 0. The molecule has 186 valence electrons. The maximum Gasteiger partial charge on any atom is 0.305 e. The second-order valence-electron chi connectivity index (χ2n) is 9.47. The van der Waals surface area contributed by atoms with Crippen molar-refractivity contribution in [2.24, 2.45) is 0 Å². The van der Waals surface area contributed by atoms with Crippen LogP contribution in [0.5, 0.6) is 0 Å². The van der Waals surface area contributed by atoms with Gasteiger partial charge in [0, 0.05) is 13.0 Å². The van der Waals surface area contributed by atoms with Crippen LogP contribution in [-0.2, 0) is 9.53 Å². The Kier molecular flexibility index (Phi) is 27.0. The lowest BCUT2D eigenvalue weighted by atomic mass is 10.0. The molecule has 0 aliphatic rings. The zero-order chi connectivity index (χ0) is 22.7. The highest BCUT2D eigenvalue weighted by Gasteiger charge is 2.02. The van der Waals surface area contributed by atoms with E-state index in [1.807, 2.05) is 0 Å². The predicted octanol–water partition coefficient (Wildman–Crippen LogP) is 8.90. The maximum atomic E-state index is 11.7. The zero-order valence-electron chi connectivity index (χ0n) is 21.1. The van der Waals surface area contributed by atoms with Gasteiger partial charge in [0.1, 0.15) is 0 Å². The molecule has 1 N–H and O–H groups in total. The SMILES string of the molecule is CCCCCCCCCCCCCCCCCCOC(=O)CCCCCCCCCO. The lowest BCUT2D eigenvalue weighted by molar-refractivity contribution is -0.143. The number of rotatable bonds is 26. The molecule has 0 saturated heterocycles. The van der Waals surface area contributed by atoms with Gasteiger partial charge < -0.3 is 9.84 Å². The minimum absolute atomic E-state index is 0.0127. The van der Waals surface area contributed by atoms with E-state index in [2.05, 4.69) is 6.92 Å². The third-order valence-electron chi connectivity index (χ3n) is 6.30. The van der Waals surface area contributed by atoms with Crippen molar-refractivity contribution in [1.29, 1.82) is 0 Å². The number of unbranched alkanes of at least 4 members (excludes halogenated alkanes) is 21. The molecule has 0 heterocycles. The summed E-state index contributed by atoms with van der Waals surface area (Å²) in [5.41, 5.74) is 0. The Morgan fingerprint density at radius 2 is 0.871 bits per heavy atom. The van der Waals surface area contributed by atoms with Gasteiger partial charge in [0.05, 0.1) is 6.61 Å². The standard InChI is InChI=1S/C28H56O3/c1-2-3-4-5-6-7-8-9-10-11-12-13-14-18-21-24-27-31-28(30)25-22-19-16-15-17-20-23-26-29/h29H,2-27H2,1H3. The van der Waals surface area contributed by atoms with E-state index in [0.717, 1.165) is 32.1 Å². The molecule has 3 nitrogen and oxygen atoms in total. The number of esters is 1. The van der Waals surface area contributed by atoms with Gasteiger partial charge in [-0.15, -0.1) is 0 Å². The van der Waals surface area contributed by atoms with Crippen LogP contribution >= 0.6 is 0 Å². The summed E-state index contributed by atoms with van der Waals surface area (Å²) in [6.07, 6.45) is 30.2. The molecule has 0 spiro atoms. The van der Waals surface area contributed by atoms with Gasteiger partial charge in [-0.05, 0) is 19.3 Å². The van der Waals surface area contributed by atoms with Gasteiger partial charge in [0.2, 0.25) is 0 Å². The largest absolute Gasteiger partial charge is 0.466 e. The Morgan fingerprint density at radius 1 is 0.516 bits per heavy atom. The van der Waals surface area contributed by atoms with Gasteiger partial charge >= 0.3 is 5.97 Å². The summed E-state index contributed by atoms with van der Waals surface area (Å²) in [6, 6.07) is 0. The second-order valence-corrected chi connectivity index (χ2v) is 9.47. The molecule has 0 atom stereocenters. The number of aliphatic hydroxyl groups excluding tert-OH is 1. The van der Waals surface area contributed by atoms with Crippen LogP contribution in [0.3, 0.4) is 0 Å². The third-order valence-corrected chi connectivity index (χ3v) is 6.30. The fourth-order valence-electron chi connectivity index (χ4n) is 4.17. The van der Waals surface area contributed by atoms with Crippen LogP contribution in [0.4, 0.5) is 0 Å². The number of carbonyl (C=O) groups excluding carboxylic acids is 1. The van der Waals surface area contributed by atoms with Crippen LogP contribution in [0.25, 0.3) is 0 Å². The zero-order valence-corrected chi connectivity index (χ0v) is 21.1. The number of carbonyl (C=O) groups is 1. The molecule has 0 radical (unpaired) electrons. The van der Waals surface area contributed by atoms with Crippen molar-refractivity contribution < 1.29 is 14.6 Å². The fraction of sp³-hybridized carbons (Fsp3) is 0.964. The first-order valence-corrected chi connectivity index (χ1v) is 14.1. The molecule has 3 heteroatoms. The summed E-state index contributed by atoms with van der Waals surface area (Å²) >= 11 is 0. The van der Waals surface area contributed by atoms with Crippen LogP contribution in [-0.4, -0.2) is 24.3 Å². The molecule has 0 aliphatic carbocycles. The van der Waals surface area contributed by atoms with Crippen LogP contribution in [0, 0.1) is 0 Å². The summed E-state index contributed by atoms with van der Waals surface area (Å²) in [6.45, 7) is 3.20. The van der Waals surface area contributed by atoms with Crippen molar-refractivity contribution in [3.8, 4) is 0 Å². The smallest absolute Gasteiger partial charge is 0.305 e. The van der Waals surface area contributed by atoms with Gasteiger partial charge in [-0.2, -0.15) is 0 Å². The van der Waals surface area contributed by atoms with E-state index in [-0.39, 0.29) is 5.97 Å². The van der Waals surface area contributed by atoms with Crippen LogP contribution in [0.1, 0.15) is 161 Å². The highest BCUT2D eigenvalue weighted by atomic mass is 16.5. The van der Waals surface area contributed by atoms with Crippen molar-refractivity contribution in [1.82, 2.24) is 0 Å². The minimum atomic E-state index is -0.0127. The van der Waals surface area contributed by atoms with Crippen molar-refractivity contribution in [3.63, 3.8) is 0 Å². The van der Waals surface area contributed by atoms with Gasteiger partial charge in [-0.25, -0.2) is 0 Å². The van der Waals surface area contributed by atoms with E-state index in [4.69, 9.17) is 9.84 Å². The molecule has 0 fully saturated rings. The molecular formula is C28H56O3. The van der Waals surface area contributed by atoms with Crippen LogP contribution in [0.15, 0.2) is 0 Å². The Bertz CT molecular complexity index is 343. The number of hydrogen-bond acceptors (Lipinski definition) is 3. The Hall–Kier alpha value is -0.570. The highest BCUT2D eigenvalue weighted by molar-refractivity contribution is 5.69. The molecule has 0 aromatic carbocycles. The molecule has 0 bridgehead atoms. The van der Waals surface area contributed by atoms with Crippen LogP contribution in [0.2, 0.25) is 0 Å². The maximum absolute atomic E-state index is 11.7. The molecule has 31 heavy (non-hydrogen) atoms. The van der Waals surface area contributed by atoms with Crippen LogP contribution < -0.4 is 0 Å². The first-order valence-electron chi connectivity index (χ1n) is 14.1. The van der Waals surface area contributed by atoms with Crippen molar-refractivity contribution in [2.45, 2.75) is 161 Å². The molecule has 0 aromatic rings. The molecule has 0 saturated carbocycles. The average molecular weight is 441 g/mol. The first kappa shape index (κ1) is 30.4. The summed E-state index contributed by atoms with van der Waals surface area (Å²) in [5, 5.41) is 8.73. The minimum Gasteiger partial charge on any atom is -0.466 e. The number of hydrogen-bond donors (Lipinski definition) is 1. The van der Waals surface area contributed by atoms with E-state index >= 15 is 0 Å². The lowest BCUT2D eigenvalue weighted by Crippen LogP contribution is -2.05. The average Bonchev–Trinajstić information content (AvgIpc) is 2.77. The number of ether oxygens (including phenoxy) is 1. The van der Waals surface area contributed by atoms with Gasteiger partial charge in [-0.1, -0.05) is 135 Å². The van der Waals surface area contributed by atoms with Gasteiger partial charge in [-0.3, -0.25) is 4.79 Å². The molecular weight excluding hydrogens is 384 g/mol. The first-order chi connectivity index (χ1) is 15.3. The van der Waals surface area contributed by atoms with E-state index < -0.39 is 0 Å². The normalized spacial score (nSPS) is 11.2. The highest BCUT2D eigenvalue weighted by Crippen LogP contribution is 2.14. The lowest BCUT2D eigenvalue weighted by Gasteiger charge is -2.06. The third kappa shape index (κ3) is 27.4. The van der Waals surface area contributed by atoms with Gasteiger partial charge in [0.25, 0.3) is 0 Å². The summed E-state index contributed by atoms with van der Waals surface area (Å²) < 4.78 is 5.35. The molecule has 0 amide bonds. The Morgan fingerprint density at radius 3 is 1.29 bits per heavy atom. The van der Waals surface area contributed by atoms with Crippen molar-refractivity contribution in [3.05, 3.63) is 0 Å². The van der Waals surface area contributed by atoms with E-state index in [1.54, 1.807) is 0 Å². The van der Waals surface area contributed by atoms with Crippen molar-refractivity contribution >= 4 is 5.97 Å². The molecule has 0 aromatic heterocycles. The fourth-order valence-corrected chi connectivity index (χ4v) is 4.17. The Labute approximate surface area is 195 Å². The van der Waals surface area contributed by atoms with E-state index in [0.29, 0.717) is 19.6 Å². The van der Waals surface area contributed by atoms with E-state index in [1.165, 1.54) is 116 Å². The summed E-state index contributed by atoms with van der Waals surface area (Å²) in [4.78, 5) is 11.7. The number of aliphatic hydroxyl groups is 1. The molecule has 0 aliphatic heterocycles. The second kappa shape index (κ2) is 27.5.